The Labute approximate surface area is 265 Å². The van der Waals surface area contributed by atoms with Gasteiger partial charge in [-0.3, -0.25) is 5.41 Å². The fraction of sp³-hybridized carbons (Fsp3) is 0.0488. The lowest BCUT2D eigenvalue weighted by atomic mass is 9.87. The molecule has 0 fully saturated rings. The van der Waals surface area contributed by atoms with Gasteiger partial charge in [0.05, 0.1) is 25.6 Å². The van der Waals surface area contributed by atoms with E-state index in [9.17, 15) is 5.41 Å². The summed E-state index contributed by atoms with van der Waals surface area (Å²) in [4.78, 5) is 0. The van der Waals surface area contributed by atoms with Crippen LogP contribution < -0.4 is 14.8 Å². The summed E-state index contributed by atoms with van der Waals surface area (Å²) < 4.78 is 11.4. The normalized spacial score (nSPS) is 12.6. The molecule has 0 aliphatic carbocycles. The van der Waals surface area contributed by atoms with Crippen molar-refractivity contribution in [2.75, 3.05) is 14.2 Å². The van der Waals surface area contributed by atoms with Gasteiger partial charge in [-0.2, -0.15) is 0 Å². The molecule has 0 unspecified atom stereocenters. The predicted octanol–water partition coefficient (Wildman–Crippen LogP) is 9.77. The van der Waals surface area contributed by atoms with Crippen molar-refractivity contribution >= 4 is 28.8 Å². The first-order chi connectivity index (χ1) is 22.1. The smallest absolute Gasteiger partial charge is 0.161 e. The van der Waals surface area contributed by atoms with E-state index in [1.165, 1.54) is 0 Å². The molecule has 0 amide bonds. The molecule has 0 spiro atoms. The number of fused-ring (bicyclic) bond motifs is 1. The van der Waals surface area contributed by atoms with Crippen molar-refractivity contribution in [2.45, 2.75) is 0 Å². The molecule has 6 rings (SSSR count). The Morgan fingerprint density at radius 2 is 1.16 bits per heavy atom. The lowest BCUT2D eigenvalue weighted by Gasteiger charge is -2.27. The minimum atomic E-state index is 0.424. The van der Waals surface area contributed by atoms with Gasteiger partial charge in [0.15, 0.2) is 11.5 Å². The first kappa shape index (κ1) is 30.6. The maximum Gasteiger partial charge on any atom is 0.161 e. The SMILES string of the molecule is C=CC=C.COc1cc2c(cc1OC)/C(=C(/C(=N)c1ccccc1)c1cccc(-c3ccccc3)c1)NC(c1ccccc1)=C2. The maximum atomic E-state index is 9.55. The summed E-state index contributed by atoms with van der Waals surface area (Å²) in [5.74, 6) is 1.28. The number of hydrogen-bond acceptors (Lipinski definition) is 4. The van der Waals surface area contributed by atoms with E-state index in [2.05, 4.69) is 73.1 Å². The van der Waals surface area contributed by atoms with E-state index in [4.69, 9.17) is 9.47 Å². The van der Waals surface area contributed by atoms with Crippen LogP contribution in [0.15, 0.2) is 153 Å². The molecular weight excluding hydrogens is 552 g/mol. The first-order valence-electron chi connectivity index (χ1n) is 14.7. The Kier molecular flexibility index (Phi) is 9.88. The zero-order chi connectivity index (χ0) is 31.6. The molecule has 4 heteroatoms. The summed E-state index contributed by atoms with van der Waals surface area (Å²) in [5, 5.41) is 13.3. The van der Waals surface area contributed by atoms with Crippen LogP contribution in [0.5, 0.6) is 11.5 Å². The van der Waals surface area contributed by atoms with E-state index in [-0.39, 0.29) is 0 Å². The highest BCUT2D eigenvalue weighted by atomic mass is 16.5. The van der Waals surface area contributed by atoms with Crippen molar-refractivity contribution < 1.29 is 9.47 Å². The third-order valence-corrected chi connectivity index (χ3v) is 7.46. The van der Waals surface area contributed by atoms with Crippen LogP contribution in [0, 0.1) is 5.41 Å². The third-order valence-electron chi connectivity index (χ3n) is 7.46. The number of ether oxygens (including phenoxy) is 2. The fourth-order valence-corrected chi connectivity index (χ4v) is 5.24. The quantitative estimate of drug-likeness (QED) is 0.140. The average Bonchev–Trinajstić information content (AvgIpc) is 3.12. The molecule has 0 saturated carbocycles. The molecule has 1 heterocycles. The van der Waals surface area contributed by atoms with Gasteiger partial charge in [-0.05, 0) is 52.1 Å². The summed E-state index contributed by atoms with van der Waals surface area (Å²) in [5.41, 5.74) is 9.95. The number of hydrogen-bond donors (Lipinski definition) is 2. The van der Waals surface area contributed by atoms with Crippen molar-refractivity contribution in [3.05, 3.63) is 181 Å². The molecule has 0 atom stereocenters. The molecule has 1 aliphatic heterocycles. The van der Waals surface area contributed by atoms with Crippen LogP contribution in [-0.2, 0) is 0 Å². The lowest BCUT2D eigenvalue weighted by molar-refractivity contribution is 0.354. The van der Waals surface area contributed by atoms with Crippen LogP contribution in [0.4, 0.5) is 0 Å². The zero-order valence-electron chi connectivity index (χ0n) is 25.6. The predicted molar refractivity (Wildman–Crippen MR) is 189 cm³/mol. The number of nitrogens with one attached hydrogen (secondary N) is 2. The summed E-state index contributed by atoms with van der Waals surface area (Å²) >= 11 is 0. The van der Waals surface area contributed by atoms with Crippen molar-refractivity contribution in [2.24, 2.45) is 0 Å². The van der Waals surface area contributed by atoms with E-state index < -0.39 is 0 Å². The molecule has 5 aromatic rings. The van der Waals surface area contributed by atoms with E-state index in [0.717, 1.165) is 55.9 Å². The van der Waals surface area contributed by atoms with Gasteiger partial charge < -0.3 is 14.8 Å². The first-order valence-corrected chi connectivity index (χ1v) is 14.7. The standard InChI is InChI=1S/C37H30N2O2.C4H6/c1-40-33-23-30-22-32(26-15-8-4-9-16-26)39-37(31(30)24-34(33)41-2)35(36(38)27-17-10-5-11-18-27)29-20-12-19-28(21-29)25-13-6-3-7-14-25;1-3-4-2/h3-24,38-39H,1-2H3;3-4H,1-2H2/b37-35-,38-36?;. The second-order valence-corrected chi connectivity index (χ2v) is 10.3. The minimum Gasteiger partial charge on any atom is -0.493 e. The summed E-state index contributed by atoms with van der Waals surface area (Å²) in [6.45, 7) is 6.72. The van der Waals surface area contributed by atoms with Gasteiger partial charge in [0.2, 0.25) is 0 Å². The van der Waals surface area contributed by atoms with Crippen LogP contribution in [0.1, 0.15) is 27.8 Å². The minimum absolute atomic E-state index is 0.424. The van der Waals surface area contributed by atoms with Crippen LogP contribution in [0.2, 0.25) is 0 Å². The molecule has 0 radical (unpaired) electrons. The highest BCUT2D eigenvalue weighted by molar-refractivity contribution is 6.36. The second-order valence-electron chi connectivity index (χ2n) is 10.3. The number of rotatable bonds is 8. The molecule has 45 heavy (non-hydrogen) atoms. The van der Waals surface area contributed by atoms with Crippen LogP contribution in [0.3, 0.4) is 0 Å². The lowest BCUT2D eigenvalue weighted by Crippen LogP contribution is -2.20. The topological polar surface area (TPSA) is 54.3 Å². The second kappa shape index (κ2) is 14.5. The Morgan fingerprint density at radius 1 is 0.622 bits per heavy atom. The fourth-order valence-electron chi connectivity index (χ4n) is 5.24. The average molecular weight is 589 g/mol. The van der Waals surface area contributed by atoms with Crippen LogP contribution in [-0.4, -0.2) is 19.9 Å². The van der Waals surface area contributed by atoms with Gasteiger partial charge in [0, 0.05) is 22.4 Å². The van der Waals surface area contributed by atoms with Gasteiger partial charge in [-0.25, -0.2) is 0 Å². The van der Waals surface area contributed by atoms with E-state index in [1.807, 2.05) is 78.9 Å². The molecule has 5 aromatic carbocycles. The Bertz CT molecular complexity index is 1870. The molecule has 0 saturated heterocycles. The van der Waals surface area contributed by atoms with Gasteiger partial charge in [-0.15, -0.1) is 0 Å². The van der Waals surface area contributed by atoms with E-state index in [1.54, 1.807) is 26.4 Å². The summed E-state index contributed by atoms with van der Waals surface area (Å²) in [7, 11) is 3.29. The third kappa shape index (κ3) is 6.87. The monoisotopic (exact) mass is 588 g/mol. The maximum absolute atomic E-state index is 9.55. The van der Waals surface area contributed by atoms with Crippen molar-refractivity contribution in [3.63, 3.8) is 0 Å². The Balaban J connectivity index is 0.000000945. The van der Waals surface area contributed by atoms with Gasteiger partial charge in [0.25, 0.3) is 0 Å². The van der Waals surface area contributed by atoms with Crippen molar-refractivity contribution in [1.29, 1.82) is 5.41 Å². The zero-order valence-corrected chi connectivity index (χ0v) is 25.6. The molecule has 0 aromatic heterocycles. The van der Waals surface area contributed by atoms with E-state index >= 15 is 0 Å². The summed E-state index contributed by atoms with van der Waals surface area (Å²) in [6, 6.07) is 42.8. The number of methoxy groups -OCH3 is 2. The molecule has 1 aliphatic rings. The molecular formula is C41H36N2O2. The highest BCUT2D eigenvalue weighted by Gasteiger charge is 2.26. The van der Waals surface area contributed by atoms with Gasteiger partial charge in [0.1, 0.15) is 0 Å². The highest BCUT2D eigenvalue weighted by Crippen LogP contribution is 2.41. The largest absolute Gasteiger partial charge is 0.493 e. The van der Waals surface area contributed by atoms with Gasteiger partial charge in [-0.1, -0.05) is 135 Å². The van der Waals surface area contributed by atoms with Crippen molar-refractivity contribution in [1.82, 2.24) is 5.32 Å². The molecule has 0 bridgehead atoms. The number of allylic oxidation sites excluding steroid dienone is 3. The van der Waals surface area contributed by atoms with Crippen molar-refractivity contribution in [3.8, 4) is 22.6 Å². The number of benzene rings is 5. The molecule has 2 N–H and O–H groups in total. The Hall–Kier alpha value is -5.87. The van der Waals surface area contributed by atoms with Crippen LogP contribution >= 0.6 is 0 Å². The van der Waals surface area contributed by atoms with E-state index in [0.29, 0.717) is 17.2 Å². The summed E-state index contributed by atoms with van der Waals surface area (Å²) in [6.07, 6.45) is 5.40. The molecule has 4 nitrogen and oxygen atoms in total. The van der Waals surface area contributed by atoms with Crippen LogP contribution in [0.25, 0.3) is 34.2 Å². The van der Waals surface area contributed by atoms with Gasteiger partial charge >= 0.3 is 0 Å². The Morgan fingerprint density at radius 3 is 1.76 bits per heavy atom. The molecule has 222 valence electrons.